The molecule has 0 N–H and O–H groups in total. The third-order valence-corrected chi connectivity index (χ3v) is 6.20. The first-order chi connectivity index (χ1) is 15.7. The summed E-state index contributed by atoms with van der Waals surface area (Å²) in [5.41, 5.74) is 0.545. The fraction of sp³-hybridized carbons (Fsp3) is 0.577. The molecule has 2 aliphatic rings. The molecule has 0 saturated carbocycles. The monoisotopic (exact) mass is 456 g/mol. The number of likely N-dealkylation sites (tertiary alicyclic amines) is 1. The van der Waals surface area contributed by atoms with E-state index in [1.807, 2.05) is 51.1 Å². The van der Waals surface area contributed by atoms with E-state index in [1.165, 1.54) is 4.90 Å². The predicted molar refractivity (Wildman–Crippen MR) is 126 cm³/mol. The molecule has 3 amide bonds. The van der Waals surface area contributed by atoms with E-state index in [0.29, 0.717) is 38.3 Å². The number of carbonyl (C=O) groups is 3. The summed E-state index contributed by atoms with van der Waals surface area (Å²) in [4.78, 5) is 41.3. The minimum Gasteiger partial charge on any atom is -0.447 e. The van der Waals surface area contributed by atoms with Gasteiger partial charge in [0.15, 0.2) is 0 Å². The number of cyclic esters (lactones) is 1. The average molecular weight is 457 g/mol. The molecule has 3 rings (SSSR count). The van der Waals surface area contributed by atoms with Crippen LogP contribution in [0.4, 0.5) is 9.59 Å². The van der Waals surface area contributed by atoms with E-state index < -0.39 is 11.7 Å². The number of amides is 3. The van der Waals surface area contributed by atoms with Gasteiger partial charge in [-0.05, 0) is 64.4 Å². The van der Waals surface area contributed by atoms with E-state index in [0.717, 1.165) is 18.4 Å². The van der Waals surface area contributed by atoms with Gasteiger partial charge in [-0.25, -0.2) is 14.5 Å². The Morgan fingerprint density at radius 2 is 1.88 bits per heavy atom. The number of rotatable bonds is 7. The number of ether oxygens (including phenoxy) is 2. The second-order valence-corrected chi connectivity index (χ2v) is 10.00. The van der Waals surface area contributed by atoms with E-state index >= 15 is 0 Å². The number of piperidine rings is 1. The van der Waals surface area contributed by atoms with Gasteiger partial charge in [-0.15, -0.1) is 6.58 Å². The number of hydrogen-bond donors (Lipinski definition) is 0. The Balaban J connectivity index is 1.60. The van der Waals surface area contributed by atoms with Crippen LogP contribution in [0.2, 0.25) is 0 Å². The number of carbonyl (C=O) groups excluding carboxylic acids is 3. The Labute approximate surface area is 196 Å². The normalized spacial score (nSPS) is 20.3. The molecule has 0 radical (unpaired) electrons. The number of imide groups is 1. The zero-order valence-electron chi connectivity index (χ0n) is 20.0. The highest BCUT2D eigenvalue weighted by Gasteiger charge is 2.41. The molecule has 2 atom stereocenters. The molecule has 7 nitrogen and oxygen atoms in total. The molecule has 0 aliphatic carbocycles. The number of hydrogen-bond acceptors (Lipinski definition) is 5. The van der Waals surface area contributed by atoms with Crippen molar-refractivity contribution in [3.05, 3.63) is 48.6 Å². The zero-order valence-corrected chi connectivity index (χ0v) is 20.0. The van der Waals surface area contributed by atoms with Crippen LogP contribution >= 0.6 is 0 Å². The zero-order chi connectivity index (χ0) is 24.0. The highest BCUT2D eigenvalue weighted by atomic mass is 16.6. The SMILES string of the molecule is C=CCC(CC1CCN(C(=O)OC(C)(C)C)CC1)C(=O)N1C(=O)OC[C@H]1Cc1ccccc1. The molecule has 0 spiro atoms. The molecule has 2 aliphatic heterocycles. The van der Waals surface area contributed by atoms with Gasteiger partial charge in [0.05, 0.1) is 6.04 Å². The second-order valence-electron chi connectivity index (χ2n) is 10.00. The van der Waals surface area contributed by atoms with Gasteiger partial charge in [-0.1, -0.05) is 36.4 Å². The highest BCUT2D eigenvalue weighted by Crippen LogP contribution is 2.30. The predicted octanol–water partition coefficient (Wildman–Crippen LogP) is 4.81. The van der Waals surface area contributed by atoms with Gasteiger partial charge in [0, 0.05) is 19.0 Å². The molecule has 180 valence electrons. The van der Waals surface area contributed by atoms with Gasteiger partial charge < -0.3 is 14.4 Å². The van der Waals surface area contributed by atoms with Crippen LogP contribution in [0.1, 0.15) is 52.0 Å². The van der Waals surface area contributed by atoms with Gasteiger partial charge >= 0.3 is 12.2 Å². The minimum absolute atomic E-state index is 0.187. The van der Waals surface area contributed by atoms with Crippen LogP contribution in [0.3, 0.4) is 0 Å². The molecular weight excluding hydrogens is 420 g/mol. The maximum Gasteiger partial charge on any atom is 0.416 e. The van der Waals surface area contributed by atoms with Crippen molar-refractivity contribution in [3.8, 4) is 0 Å². The van der Waals surface area contributed by atoms with Crippen molar-refractivity contribution in [1.29, 1.82) is 0 Å². The van der Waals surface area contributed by atoms with Crippen LogP contribution in [0.25, 0.3) is 0 Å². The molecule has 7 heteroatoms. The van der Waals surface area contributed by atoms with Crippen LogP contribution in [0, 0.1) is 11.8 Å². The fourth-order valence-electron chi connectivity index (χ4n) is 4.54. The van der Waals surface area contributed by atoms with Gasteiger partial charge in [0.2, 0.25) is 5.91 Å². The Morgan fingerprint density at radius 1 is 1.21 bits per heavy atom. The van der Waals surface area contributed by atoms with Gasteiger partial charge in [-0.2, -0.15) is 0 Å². The smallest absolute Gasteiger partial charge is 0.416 e. The largest absolute Gasteiger partial charge is 0.447 e. The quantitative estimate of drug-likeness (QED) is 0.551. The topological polar surface area (TPSA) is 76.2 Å². The molecule has 2 fully saturated rings. The standard InChI is InChI=1S/C26H36N2O5/c1-5-9-21(16-20-12-14-27(15-13-20)24(30)33-26(2,3)4)23(29)28-22(18-32-25(28)31)17-19-10-7-6-8-11-19/h5-8,10-11,20-22H,1,9,12-18H2,2-4H3/t21?,22-/m1/s1. The summed E-state index contributed by atoms with van der Waals surface area (Å²) in [7, 11) is 0. The number of allylic oxidation sites excluding steroid dienone is 1. The van der Waals surface area contributed by atoms with E-state index in [9.17, 15) is 14.4 Å². The van der Waals surface area contributed by atoms with Gasteiger partial charge in [-0.3, -0.25) is 4.79 Å². The summed E-state index contributed by atoms with van der Waals surface area (Å²) in [6.45, 7) is 10.8. The summed E-state index contributed by atoms with van der Waals surface area (Å²) < 4.78 is 10.7. The summed E-state index contributed by atoms with van der Waals surface area (Å²) in [6.07, 6.45) is 4.25. The van der Waals surface area contributed by atoms with E-state index in [2.05, 4.69) is 6.58 Å². The Bertz CT molecular complexity index is 840. The lowest BCUT2D eigenvalue weighted by atomic mass is 9.85. The molecule has 2 heterocycles. The van der Waals surface area contributed by atoms with Crippen molar-refractivity contribution in [1.82, 2.24) is 9.80 Å². The Morgan fingerprint density at radius 3 is 2.48 bits per heavy atom. The lowest BCUT2D eigenvalue weighted by Gasteiger charge is -2.35. The van der Waals surface area contributed by atoms with Crippen molar-refractivity contribution < 1.29 is 23.9 Å². The summed E-state index contributed by atoms with van der Waals surface area (Å²) in [5, 5.41) is 0. The van der Waals surface area contributed by atoms with Crippen molar-refractivity contribution in [2.75, 3.05) is 19.7 Å². The molecule has 1 aromatic carbocycles. The molecule has 0 aromatic heterocycles. The molecule has 33 heavy (non-hydrogen) atoms. The molecule has 2 saturated heterocycles. The van der Waals surface area contributed by atoms with Crippen LogP contribution in [0.15, 0.2) is 43.0 Å². The van der Waals surface area contributed by atoms with Gasteiger partial charge in [0.1, 0.15) is 12.2 Å². The first-order valence-electron chi connectivity index (χ1n) is 11.8. The fourth-order valence-corrected chi connectivity index (χ4v) is 4.54. The first kappa shape index (κ1) is 24.8. The van der Waals surface area contributed by atoms with E-state index in [1.54, 1.807) is 11.0 Å². The highest BCUT2D eigenvalue weighted by molar-refractivity contribution is 5.95. The third-order valence-electron chi connectivity index (χ3n) is 6.20. The molecule has 1 aromatic rings. The first-order valence-corrected chi connectivity index (χ1v) is 11.8. The van der Waals surface area contributed by atoms with Crippen LogP contribution in [-0.2, 0) is 20.7 Å². The van der Waals surface area contributed by atoms with Crippen molar-refractivity contribution >= 4 is 18.1 Å². The van der Waals surface area contributed by atoms with Crippen LogP contribution < -0.4 is 0 Å². The Kier molecular flexibility index (Phi) is 8.16. The van der Waals surface area contributed by atoms with Crippen molar-refractivity contribution in [2.45, 2.75) is 64.5 Å². The average Bonchev–Trinajstić information content (AvgIpc) is 3.12. The van der Waals surface area contributed by atoms with Crippen LogP contribution in [0.5, 0.6) is 0 Å². The van der Waals surface area contributed by atoms with E-state index in [4.69, 9.17) is 9.47 Å². The molecule has 0 bridgehead atoms. The second kappa shape index (κ2) is 10.9. The van der Waals surface area contributed by atoms with Crippen LogP contribution in [-0.4, -0.2) is 59.2 Å². The lowest BCUT2D eigenvalue weighted by Crippen LogP contribution is -2.45. The maximum atomic E-state index is 13.4. The third kappa shape index (κ3) is 6.83. The van der Waals surface area contributed by atoms with Crippen molar-refractivity contribution in [2.24, 2.45) is 11.8 Å². The summed E-state index contributed by atoms with van der Waals surface area (Å²) >= 11 is 0. The lowest BCUT2D eigenvalue weighted by molar-refractivity contribution is -0.134. The summed E-state index contributed by atoms with van der Waals surface area (Å²) in [6, 6.07) is 9.52. The van der Waals surface area contributed by atoms with Crippen molar-refractivity contribution in [3.63, 3.8) is 0 Å². The molecule has 1 unspecified atom stereocenters. The minimum atomic E-state index is -0.560. The number of nitrogens with zero attached hydrogens (tertiary/aromatic N) is 2. The maximum absolute atomic E-state index is 13.4. The number of benzene rings is 1. The summed E-state index contributed by atoms with van der Waals surface area (Å²) in [5.74, 6) is -0.221. The van der Waals surface area contributed by atoms with E-state index in [-0.39, 0.29) is 30.6 Å². The molecular formula is C26H36N2O5. The Hall–Kier alpha value is -2.83. The van der Waals surface area contributed by atoms with Gasteiger partial charge in [0.25, 0.3) is 0 Å².